The summed E-state index contributed by atoms with van der Waals surface area (Å²) < 4.78 is 1.99. The van der Waals surface area contributed by atoms with E-state index in [0.29, 0.717) is 0 Å². The van der Waals surface area contributed by atoms with Gasteiger partial charge in [-0.15, -0.1) is 0 Å². The van der Waals surface area contributed by atoms with Gasteiger partial charge in [0.2, 0.25) is 0 Å². The highest BCUT2D eigenvalue weighted by molar-refractivity contribution is 5.64. The van der Waals surface area contributed by atoms with Gasteiger partial charge in [0.05, 0.1) is 6.54 Å². The van der Waals surface area contributed by atoms with Crippen molar-refractivity contribution in [3.8, 4) is 11.4 Å². The molecule has 1 aliphatic rings. The van der Waals surface area contributed by atoms with Crippen LogP contribution in [0, 0.1) is 0 Å². The maximum absolute atomic E-state index is 4.50. The Labute approximate surface area is 82.4 Å². The van der Waals surface area contributed by atoms with E-state index in [1.807, 2.05) is 4.68 Å². The van der Waals surface area contributed by atoms with E-state index in [2.05, 4.69) is 41.3 Å². The lowest BCUT2D eigenvalue weighted by Crippen LogP contribution is -1.96. The Bertz CT molecular complexity index is 485. The van der Waals surface area contributed by atoms with E-state index in [4.69, 9.17) is 0 Å². The Hall–Kier alpha value is -1.64. The third kappa shape index (κ3) is 0.923. The van der Waals surface area contributed by atoms with Crippen LogP contribution in [0.3, 0.4) is 0 Å². The Morgan fingerprint density at radius 2 is 2.21 bits per heavy atom. The smallest absolute Gasteiger partial charge is 0.159 e. The van der Waals surface area contributed by atoms with Gasteiger partial charge >= 0.3 is 0 Å². The van der Waals surface area contributed by atoms with Crippen LogP contribution in [0.4, 0.5) is 0 Å². The molecule has 0 unspecified atom stereocenters. The number of benzene rings is 1. The van der Waals surface area contributed by atoms with Gasteiger partial charge in [-0.25, -0.2) is 9.67 Å². The van der Waals surface area contributed by atoms with Crippen LogP contribution in [0.2, 0.25) is 0 Å². The Kier molecular flexibility index (Phi) is 1.48. The molecule has 3 heteroatoms. The van der Waals surface area contributed by atoms with Crippen molar-refractivity contribution in [1.82, 2.24) is 14.8 Å². The van der Waals surface area contributed by atoms with Crippen LogP contribution in [0.25, 0.3) is 11.4 Å². The number of fused-ring (bicyclic) bond motifs is 3. The number of nitrogens with zero attached hydrogens (tertiary/aromatic N) is 3. The van der Waals surface area contributed by atoms with Crippen molar-refractivity contribution in [1.29, 1.82) is 0 Å². The minimum Gasteiger partial charge on any atom is -0.241 e. The molecule has 0 radical (unpaired) electrons. The molecule has 0 amide bonds. The molecule has 70 valence electrons. The van der Waals surface area contributed by atoms with Crippen LogP contribution in [0.15, 0.2) is 24.3 Å². The highest BCUT2D eigenvalue weighted by Gasteiger charge is 2.20. The second-order valence-corrected chi connectivity index (χ2v) is 3.52. The molecule has 1 aliphatic heterocycles. The molecule has 0 saturated heterocycles. The van der Waals surface area contributed by atoms with Crippen LogP contribution >= 0.6 is 0 Å². The average Bonchev–Trinajstić information content (AvgIpc) is 2.73. The largest absolute Gasteiger partial charge is 0.241 e. The lowest BCUT2D eigenvalue weighted by atomic mass is 10.1. The van der Waals surface area contributed by atoms with Crippen molar-refractivity contribution in [2.45, 2.75) is 19.9 Å². The molecule has 0 bridgehead atoms. The van der Waals surface area contributed by atoms with Gasteiger partial charge in [-0.05, 0) is 5.56 Å². The van der Waals surface area contributed by atoms with E-state index in [1.54, 1.807) is 0 Å². The van der Waals surface area contributed by atoms with Gasteiger partial charge < -0.3 is 0 Å². The number of aromatic nitrogens is 3. The zero-order chi connectivity index (χ0) is 9.54. The Balaban J connectivity index is 2.20. The van der Waals surface area contributed by atoms with Crippen LogP contribution in [-0.4, -0.2) is 14.8 Å². The molecule has 0 saturated carbocycles. The molecule has 1 aromatic carbocycles. The van der Waals surface area contributed by atoms with Crippen molar-refractivity contribution in [2.24, 2.45) is 0 Å². The summed E-state index contributed by atoms with van der Waals surface area (Å²) in [5.41, 5.74) is 2.56. The molecule has 0 aliphatic carbocycles. The monoisotopic (exact) mass is 185 g/mol. The highest BCUT2D eigenvalue weighted by Crippen LogP contribution is 2.29. The molecule has 1 aromatic heterocycles. The third-order valence-electron chi connectivity index (χ3n) is 2.61. The SMILES string of the molecule is CCc1nc2n(n1)Cc1ccccc1-2. The van der Waals surface area contributed by atoms with Crippen LogP contribution in [0.1, 0.15) is 18.3 Å². The van der Waals surface area contributed by atoms with Crippen LogP contribution < -0.4 is 0 Å². The van der Waals surface area contributed by atoms with Gasteiger partial charge in [-0.3, -0.25) is 0 Å². The van der Waals surface area contributed by atoms with E-state index < -0.39 is 0 Å². The normalized spacial score (nSPS) is 12.6. The molecule has 0 atom stereocenters. The lowest BCUT2D eigenvalue weighted by molar-refractivity contribution is 0.703. The van der Waals surface area contributed by atoms with E-state index in [0.717, 1.165) is 24.6 Å². The zero-order valence-corrected chi connectivity index (χ0v) is 8.07. The number of hydrogen-bond donors (Lipinski definition) is 0. The van der Waals surface area contributed by atoms with Crippen LogP contribution in [-0.2, 0) is 13.0 Å². The van der Waals surface area contributed by atoms with Gasteiger partial charge in [0.1, 0.15) is 0 Å². The fraction of sp³-hybridized carbons (Fsp3) is 0.273. The molecule has 0 fully saturated rings. The van der Waals surface area contributed by atoms with Crippen molar-refractivity contribution in [3.05, 3.63) is 35.7 Å². The van der Waals surface area contributed by atoms with Crippen LogP contribution in [0.5, 0.6) is 0 Å². The van der Waals surface area contributed by atoms with E-state index in [1.165, 1.54) is 11.1 Å². The third-order valence-corrected chi connectivity index (χ3v) is 2.61. The van der Waals surface area contributed by atoms with E-state index >= 15 is 0 Å². The van der Waals surface area contributed by atoms with Gasteiger partial charge in [-0.1, -0.05) is 31.2 Å². The first-order chi connectivity index (χ1) is 6.88. The van der Waals surface area contributed by atoms with Gasteiger partial charge in [0.25, 0.3) is 0 Å². The molecular formula is C11H11N3. The molecule has 2 aromatic rings. The van der Waals surface area contributed by atoms with Crippen molar-refractivity contribution >= 4 is 0 Å². The van der Waals surface area contributed by atoms with Crippen molar-refractivity contribution in [2.75, 3.05) is 0 Å². The topological polar surface area (TPSA) is 30.7 Å². The standard InChI is InChI=1S/C11H11N3/c1-2-10-12-11-9-6-4-3-5-8(9)7-14(11)13-10/h3-6H,2,7H2,1H3. The summed E-state index contributed by atoms with van der Waals surface area (Å²) in [6.07, 6.45) is 0.905. The summed E-state index contributed by atoms with van der Waals surface area (Å²) in [6, 6.07) is 8.36. The maximum atomic E-state index is 4.50. The quantitative estimate of drug-likeness (QED) is 0.579. The molecule has 2 heterocycles. The molecule has 0 spiro atoms. The minimum atomic E-state index is 0.874. The summed E-state index contributed by atoms with van der Waals surface area (Å²) in [6.45, 7) is 2.95. The average molecular weight is 185 g/mol. The number of aryl methyl sites for hydroxylation is 1. The summed E-state index contributed by atoms with van der Waals surface area (Å²) in [5.74, 6) is 1.96. The first kappa shape index (κ1) is 7.74. The van der Waals surface area contributed by atoms with Crippen molar-refractivity contribution in [3.63, 3.8) is 0 Å². The lowest BCUT2D eigenvalue weighted by Gasteiger charge is -1.94. The molecule has 3 nitrogen and oxygen atoms in total. The minimum absolute atomic E-state index is 0.874. The summed E-state index contributed by atoms with van der Waals surface area (Å²) in [5, 5.41) is 4.43. The summed E-state index contributed by atoms with van der Waals surface area (Å²) in [7, 11) is 0. The predicted molar refractivity (Wildman–Crippen MR) is 53.9 cm³/mol. The van der Waals surface area contributed by atoms with Gasteiger partial charge in [0, 0.05) is 12.0 Å². The maximum Gasteiger partial charge on any atom is 0.159 e. The summed E-state index contributed by atoms with van der Waals surface area (Å²) >= 11 is 0. The second kappa shape index (κ2) is 2.67. The molecule has 0 N–H and O–H groups in total. The number of hydrogen-bond acceptors (Lipinski definition) is 2. The van der Waals surface area contributed by atoms with Gasteiger partial charge in [0.15, 0.2) is 11.6 Å². The van der Waals surface area contributed by atoms with E-state index in [-0.39, 0.29) is 0 Å². The molecule has 3 rings (SSSR count). The molecule has 14 heavy (non-hydrogen) atoms. The zero-order valence-electron chi connectivity index (χ0n) is 8.07. The van der Waals surface area contributed by atoms with Gasteiger partial charge in [-0.2, -0.15) is 5.10 Å². The fourth-order valence-corrected chi connectivity index (χ4v) is 1.89. The first-order valence-electron chi connectivity index (χ1n) is 4.90. The van der Waals surface area contributed by atoms with Crippen molar-refractivity contribution < 1.29 is 0 Å². The second-order valence-electron chi connectivity index (χ2n) is 3.52. The Morgan fingerprint density at radius 1 is 1.36 bits per heavy atom. The Morgan fingerprint density at radius 3 is 3.07 bits per heavy atom. The molecular weight excluding hydrogens is 174 g/mol. The number of rotatable bonds is 1. The highest BCUT2D eigenvalue weighted by atomic mass is 15.4. The predicted octanol–water partition coefficient (Wildman–Crippen LogP) is 1.87. The first-order valence-corrected chi connectivity index (χ1v) is 4.90. The summed E-state index contributed by atoms with van der Waals surface area (Å²) in [4.78, 5) is 4.50. The fourth-order valence-electron chi connectivity index (χ4n) is 1.89. The van der Waals surface area contributed by atoms with E-state index in [9.17, 15) is 0 Å².